The summed E-state index contributed by atoms with van der Waals surface area (Å²) in [7, 11) is 0. The van der Waals surface area contributed by atoms with E-state index in [0.717, 1.165) is 51.3 Å². The number of benzene rings is 3. The molecular weight excluding hydrogens is 531 g/mol. The smallest absolute Gasteiger partial charge is 0.170 e. The van der Waals surface area contributed by atoms with Crippen molar-refractivity contribution in [2.45, 2.75) is 50.3 Å². The fourth-order valence-electron chi connectivity index (χ4n) is 5.77. The fourth-order valence-corrected chi connectivity index (χ4v) is 6.55. The van der Waals surface area contributed by atoms with Crippen LogP contribution in [0.4, 0.5) is 4.39 Å². The molecule has 0 spiro atoms. The van der Waals surface area contributed by atoms with E-state index in [1.54, 1.807) is 30.8 Å². The minimum absolute atomic E-state index is 0.0828. The molecule has 0 heterocycles. The maximum Gasteiger partial charge on any atom is 0.170 e. The highest BCUT2D eigenvalue weighted by molar-refractivity contribution is 7.98. The summed E-state index contributed by atoms with van der Waals surface area (Å²) in [5.74, 6) is 0.240. The van der Waals surface area contributed by atoms with Crippen LogP contribution in [-0.4, -0.2) is 24.4 Å². The minimum Gasteiger partial charge on any atom is -0.488 e. The van der Waals surface area contributed by atoms with Crippen LogP contribution in [0.25, 0.3) is 5.57 Å². The van der Waals surface area contributed by atoms with E-state index in [2.05, 4.69) is 31.2 Å². The summed E-state index contributed by atoms with van der Waals surface area (Å²) in [6.45, 7) is 4.14. The van der Waals surface area contributed by atoms with E-state index in [1.807, 2.05) is 42.7 Å². The molecule has 5 rings (SSSR count). The molecule has 0 fully saturated rings. The van der Waals surface area contributed by atoms with E-state index in [4.69, 9.17) is 4.74 Å². The molecule has 0 aliphatic heterocycles. The Kier molecular flexibility index (Phi) is 9.04. The number of rotatable bonds is 11. The van der Waals surface area contributed by atoms with Gasteiger partial charge in [-0.05, 0) is 77.6 Å². The van der Waals surface area contributed by atoms with Gasteiger partial charge in [0, 0.05) is 23.8 Å². The predicted octanol–water partition coefficient (Wildman–Crippen LogP) is 8.79. The highest BCUT2D eigenvalue weighted by Gasteiger charge is 2.36. The lowest BCUT2D eigenvalue weighted by Gasteiger charge is -2.23. The van der Waals surface area contributed by atoms with Gasteiger partial charge in [-0.2, -0.15) is 0 Å². The standard InChI is InChI=1S/C36H35FO3S/c1-4-6-24-9-12-27(13-10-24)35(39)33-21-29(26-15-17-30(37)18-16-26)20-32(33)31-7-5-8-34(36(31)41-3)40-22-25-11-14-28(19-25)23(2)38/h5,7-18,21,32-33H,4,6,19-20,22H2,1-3H3. The molecule has 210 valence electrons. The van der Waals surface area contributed by atoms with Gasteiger partial charge in [0.2, 0.25) is 0 Å². The molecule has 3 aromatic carbocycles. The number of carbonyl (C=O) groups is 2. The highest BCUT2D eigenvalue weighted by atomic mass is 32.2. The van der Waals surface area contributed by atoms with Gasteiger partial charge in [-0.25, -0.2) is 4.39 Å². The average Bonchev–Trinajstić information content (AvgIpc) is 3.65. The lowest BCUT2D eigenvalue weighted by atomic mass is 9.83. The van der Waals surface area contributed by atoms with Crippen LogP contribution in [0.15, 0.2) is 101 Å². The maximum atomic E-state index is 14.0. The third-order valence-electron chi connectivity index (χ3n) is 7.96. The van der Waals surface area contributed by atoms with Crippen LogP contribution >= 0.6 is 11.8 Å². The molecule has 2 aliphatic rings. The first kappa shape index (κ1) is 28.8. The Hall–Kier alpha value is -3.70. The topological polar surface area (TPSA) is 43.4 Å². The van der Waals surface area contributed by atoms with Crippen molar-refractivity contribution in [1.82, 2.24) is 0 Å². The zero-order valence-electron chi connectivity index (χ0n) is 23.8. The van der Waals surface area contributed by atoms with E-state index in [0.29, 0.717) is 25.0 Å². The van der Waals surface area contributed by atoms with Gasteiger partial charge in [-0.3, -0.25) is 9.59 Å². The molecule has 0 aromatic heterocycles. The Morgan fingerprint density at radius 1 is 1.00 bits per heavy atom. The Morgan fingerprint density at radius 2 is 1.76 bits per heavy atom. The normalized spacial score (nSPS) is 18.1. The molecule has 2 atom stereocenters. The van der Waals surface area contributed by atoms with Crippen LogP contribution in [0, 0.1) is 11.7 Å². The third-order valence-corrected chi connectivity index (χ3v) is 8.81. The highest BCUT2D eigenvalue weighted by Crippen LogP contribution is 2.48. The first-order valence-electron chi connectivity index (χ1n) is 14.2. The second-order valence-electron chi connectivity index (χ2n) is 10.8. The first-order valence-corrected chi connectivity index (χ1v) is 15.4. The molecule has 2 unspecified atom stereocenters. The molecule has 3 aromatic rings. The van der Waals surface area contributed by atoms with Crippen LogP contribution in [0.3, 0.4) is 0 Å². The van der Waals surface area contributed by atoms with Crippen molar-refractivity contribution in [2.75, 3.05) is 12.9 Å². The van der Waals surface area contributed by atoms with E-state index in [-0.39, 0.29) is 29.2 Å². The lowest BCUT2D eigenvalue weighted by Crippen LogP contribution is -2.18. The van der Waals surface area contributed by atoms with Crippen LogP contribution < -0.4 is 4.74 Å². The molecule has 0 amide bonds. The van der Waals surface area contributed by atoms with Gasteiger partial charge >= 0.3 is 0 Å². The quantitative estimate of drug-likeness (QED) is 0.172. The number of ether oxygens (including phenoxy) is 1. The molecule has 0 radical (unpaired) electrons. The molecule has 41 heavy (non-hydrogen) atoms. The molecule has 0 bridgehead atoms. The van der Waals surface area contributed by atoms with Gasteiger partial charge in [0.15, 0.2) is 11.6 Å². The van der Waals surface area contributed by atoms with Gasteiger partial charge in [-0.15, -0.1) is 11.8 Å². The Labute approximate surface area is 246 Å². The van der Waals surface area contributed by atoms with Crippen LogP contribution in [0.2, 0.25) is 0 Å². The fraction of sp³-hybridized carbons (Fsp3) is 0.278. The molecule has 0 saturated heterocycles. The molecular formula is C36H35FO3S. The van der Waals surface area contributed by atoms with E-state index in [1.165, 1.54) is 17.7 Å². The van der Waals surface area contributed by atoms with Crippen molar-refractivity contribution in [3.05, 3.63) is 124 Å². The molecule has 2 aliphatic carbocycles. The van der Waals surface area contributed by atoms with Gasteiger partial charge in [0.1, 0.15) is 18.2 Å². The van der Waals surface area contributed by atoms with Gasteiger partial charge in [0.25, 0.3) is 0 Å². The molecule has 0 saturated carbocycles. The maximum absolute atomic E-state index is 14.0. The Morgan fingerprint density at radius 3 is 2.41 bits per heavy atom. The number of allylic oxidation sites excluding steroid dienone is 5. The number of Topliss-reactive ketones (excluding diaryl/α,β-unsaturated/α-hetero) is 2. The summed E-state index contributed by atoms with van der Waals surface area (Å²) in [5, 5.41) is 0. The summed E-state index contributed by atoms with van der Waals surface area (Å²) >= 11 is 1.62. The number of thioether (sulfide) groups is 1. The van der Waals surface area contributed by atoms with E-state index in [9.17, 15) is 14.0 Å². The molecule has 5 heteroatoms. The first-order chi connectivity index (χ1) is 19.9. The van der Waals surface area contributed by atoms with Crippen LogP contribution in [-0.2, 0) is 11.2 Å². The number of ketones is 2. The van der Waals surface area contributed by atoms with Crippen LogP contribution in [0.5, 0.6) is 5.75 Å². The summed E-state index contributed by atoms with van der Waals surface area (Å²) in [4.78, 5) is 26.8. The molecule has 3 nitrogen and oxygen atoms in total. The summed E-state index contributed by atoms with van der Waals surface area (Å²) in [6.07, 6.45) is 11.3. The van der Waals surface area contributed by atoms with Crippen molar-refractivity contribution < 1.29 is 18.7 Å². The van der Waals surface area contributed by atoms with Crippen molar-refractivity contribution in [3.8, 4) is 5.75 Å². The van der Waals surface area contributed by atoms with E-state index < -0.39 is 0 Å². The van der Waals surface area contributed by atoms with Gasteiger partial charge in [-0.1, -0.05) is 80.1 Å². The zero-order chi connectivity index (χ0) is 28.9. The summed E-state index contributed by atoms with van der Waals surface area (Å²) in [6, 6.07) is 20.6. The SMILES string of the molecule is CCCc1ccc(C(=O)C2C=C(c3ccc(F)cc3)CC2c2cccc(OCC3=CC=C(C(C)=O)C3)c2SC)cc1. The lowest BCUT2D eigenvalue weighted by molar-refractivity contribution is -0.113. The van der Waals surface area contributed by atoms with Gasteiger partial charge < -0.3 is 4.74 Å². The minimum atomic E-state index is -0.354. The number of hydrogen-bond donors (Lipinski definition) is 0. The number of halogens is 1. The van der Waals surface area contributed by atoms with Crippen molar-refractivity contribution in [2.24, 2.45) is 5.92 Å². The predicted molar refractivity (Wildman–Crippen MR) is 165 cm³/mol. The number of aryl methyl sites for hydroxylation is 1. The van der Waals surface area contributed by atoms with E-state index >= 15 is 0 Å². The number of carbonyl (C=O) groups excluding carboxylic acids is 2. The average molecular weight is 567 g/mol. The Balaban J connectivity index is 1.45. The van der Waals surface area contributed by atoms with Crippen molar-refractivity contribution in [1.29, 1.82) is 0 Å². The zero-order valence-corrected chi connectivity index (χ0v) is 24.6. The second kappa shape index (κ2) is 12.9. The van der Waals surface area contributed by atoms with Crippen LogP contribution in [0.1, 0.15) is 66.1 Å². The van der Waals surface area contributed by atoms with Crippen molar-refractivity contribution >= 4 is 28.9 Å². The van der Waals surface area contributed by atoms with Gasteiger partial charge in [0.05, 0.1) is 4.90 Å². The third kappa shape index (κ3) is 6.46. The summed E-state index contributed by atoms with van der Waals surface area (Å²) < 4.78 is 20.0. The largest absolute Gasteiger partial charge is 0.488 e. The monoisotopic (exact) mass is 566 g/mol. The molecule has 0 N–H and O–H groups in total. The van der Waals surface area contributed by atoms with Crippen molar-refractivity contribution in [3.63, 3.8) is 0 Å². The summed E-state index contributed by atoms with van der Waals surface area (Å²) in [5.41, 5.74) is 6.86. The Bertz CT molecular complexity index is 1530. The number of hydrogen-bond acceptors (Lipinski definition) is 4. The second-order valence-corrected chi connectivity index (χ2v) is 11.6.